The first kappa shape index (κ1) is 20.8. The second-order valence-electron chi connectivity index (χ2n) is 7.24. The molecule has 0 fully saturated rings. The number of ether oxygens (including phenoxy) is 2. The zero-order valence-electron chi connectivity index (χ0n) is 16.4. The Bertz CT molecular complexity index is 707. The molecule has 148 valence electrons. The maximum atomic E-state index is 12.0. The summed E-state index contributed by atoms with van der Waals surface area (Å²) in [6.45, 7) is 7.49. The molecule has 0 atom stereocenters. The Kier molecular flexibility index (Phi) is 7.72. The minimum atomic E-state index is -0.141. The quantitative estimate of drug-likeness (QED) is 0.636. The first-order valence-electron chi connectivity index (χ1n) is 9.05. The SMILES string of the molecule is COCCOc1ccc(CNC(=O)CCCc2nc(C(C)(C)C)no2)cn1. The van der Waals surface area contributed by atoms with E-state index in [0.29, 0.717) is 56.6 Å². The highest BCUT2D eigenvalue weighted by molar-refractivity contribution is 5.75. The maximum Gasteiger partial charge on any atom is 0.226 e. The van der Waals surface area contributed by atoms with Crippen LogP contribution in [0.25, 0.3) is 0 Å². The van der Waals surface area contributed by atoms with E-state index in [1.54, 1.807) is 19.4 Å². The molecule has 2 aromatic heterocycles. The lowest BCUT2D eigenvalue weighted by molar-refractivity contribution is -0.121. The van der Waals surface area contributed by atoms with E-state index in [1.807, 2.05) is 26.8 Å². The molecule has 27 heavy (non-hydrogen) atoms. The Morgan fingerprint density at radius 2 is 2.07 bits per heavy atom. The second kappa shape index (κ2) is 10.0. The maximum absolute atomic E-state index is 12.0. The van der Waals surface area contributed by atoms with Crippen LogP contribution >= 0.6 is 0 Å². The molecule has 0 aromatic carbocycles. The standard InChI is InChI=1S/C19H28N4O4/c1-19(2,3)18-22-17(27-23-18)7-5-6-15(24)20-12-14-8-9-16(21-13-14)26-11-10-25-4/h8-9,13H,5-7,10-12H2,1-4H3,(H,20,24). The van der Waals surface area contributed by atoms with E-state index < -0.39 is 0 Å². The summed E-state index contributed by atoms with van der Waals surface area (Å²) in [6.07, 6.45) is 3.33. The van der Waals surface area contributed by atoms with Gasteiger partial charge in [-0.15, -0.1) is 0 Å². The van der Waals surface area contributed by atoms with Crippen molar-refractivity contribution in [2.45, 2.75) is 52.0 Å². The van der Waals surface area contributed by atoms with E-state index in [9.17, 15) is 4.79 Å². The molecule has 0 saturated heterocycles. The van der Waals surface area contributed by atoms with Crippen LogP contribution in [0.1, 0.15) is 50.9 Å². The summed E-state index contributed by atoms with van der Waals surface area (Å²) in [7, 11) is 1.62. The minimum Gasteiger partial charge on any atom is -0.475 e. The molecule has 2 aromatic rings. The Morgan fingerprint density at radius 3 is 2.70 bits per heavy atom. The largest absolute Gasteiger partial charge is 0.475 e. The molecular formula is C19H28N4O4. The zero-order chi connectivity index (χ0) is 19.7. The van der Waals surface area contributed by atoms with Crippen LogP contribution in [0.4, 0.5) is 0 Å². The van der Waals surface area contributed by atoms with E-state index in [4.69, 9.17) is 14.0 Å². The van der Waals surface area contributed by atoms with Gasteiger partial charge in [-0.05, 0) is 12.0 Å². The third-order valence-corrected chi connectivity index (χ3v) is 3.76. The molecule has 0 saturated carbocycles. The van der Waals surface area contributed by atoms with Crippen LogP contribution in [0.15, 0.2) is 22.9 Å². The first-order valence-corrected chi connectivity index (χ1v) is 9.05. The van der Waals surface area contributed by atoms with Gasteiger partial charge in [0.25, 0.3) is 0 Å². The smallest absolute Gasteiger partial charge is 0.226 e. The normalized spacial score (nSPS) is 11.4. The van der Waals surface area contributed by atoms with Crippen LogP contribution in [0.3, 0.4) is 0 Å². The van der Waals surface area contributed by atoms with Crippen molar-refractivity contribution in [2.24, 2.45) is 0 Å². The van der Waals surface area contributed by atoms with Gasteiger partial charge in [0.2, 0.25) is 17.7 Å². The highest BCUT2D eigenvalue weighted by Crippen LogP contribution is 2.18. The molecule has 0 aliphatic carbocycles. The Morgan fingerprint density at radius 1 is 1.26 bits per heavy atom. The number of hydrogen-bond acceptors (Lipinski definition) is 7. The summed E-state index contributed by atoms with van der Waals surface area (Å²) in [6, 6.07) is 3.65. The van der Waals surface area contributed by atoms with Crippen molar-refractivity contribution in [3.63, 3.8) is 0 Å². The van der Waals surface area contributed by atoms with Crippen molar-refractivity contribution in [2.75, 3.05) is 20.3 Å². The summed E-state index contributed by atoms with van der Waals surface area (Å²) in [5, 5.41) is 6.86. The summed E-state index contributed by atoms with van der Waals surface area (Å²) < 4.78 is 15.5. The number of carbonyl (C=O) groups excluding carboxylic acids is 1. The lowest BCUT2D eigenvalue weighted by atomic mass is 9.96. The number of rotatable bonds is 10. The number of aryl methyl sites for hydroxylation is 1. The second-order valence-corrected chi connectivity index (χ2v) is 7.24. The van der Waals surface area contributed by atoms with Crippen molar-refractivity contribution >= 4 is 5.91 Å². The lowest BCUT2D eigenvalue weighted by Crippen LogP contribution is -2.22. The number of amides is 1. The van der Waals surface area contributed by atoms with Crippen molar-refractivity contribution in [1.29, 1.82) is 0 Å². The number of nitrogens with one attached hydrogen (secondary N) is 1. The van der Waals surface area contributed by atoms with Gasteiger partial charge >= 0.3 is 0 Å². The zero-order valence-corrected chi connectivity index (χ0v) is 16.4. The van der Waals surface area contributed by atoms with Crippen molar-refractivity contribution < 1.29 is 18.8 Å². The molecule has 0 spiro atoms. The molecule has 8 heteroatoms. The molecule has 0 unspecified atom stereocenters. The average molecular weight is 376 g/mol. The number of hydrogen-bond donors (Lipinski definition) is 1. The van der Waals surface area contributed by atoms with E-state index in [-0.39, 0.29) is 11.3 Å². The molecule has 1 amide bonds. The number of aromatic nitrogens is 3. The number of carbonyl (C=O) groups is 1. The number of methoxy groups -OCH3 is 1. The fraction of sp³-hybridized carbons (Fsp3) is 0.579. The number of pyridine rings is 1. The predicted molar refractivity (Wildman–Crippen MR) is 99.4 cm³/mol. The van der Waals surface area contributed by atoms with Gasteiger partial charge in [0.1, 0.15) is 6.61 Å². The predicted octanol–water partition coefficient (Wildman–Crippen LogP) is 2.43. The lowest BCUT2D eigenvalue weighted by Gasteiger charge is -2.10. The van der Waals surface area contributed by atoms with Crippen molar-refractivity contribution in [3.8, 4) is 5.88 Å². The molecule has 0 bridgehead atoms. The van der Waals surface area contributed by atoms with Gasteiger partial charge in [-0.25, -0.2) is 4.98 Å². The van der Waals surface area contributed by atoms with Gasteiger partial charge in [-0.2, -0.15) is 4.98 Å². The van der Waals surface area contributed by atoms with Crippen LogP contribution in [-0.2, 0) is 27.9 Å². The van der Waals surface area contributed by atoms with E-state index >= 15 is 0 Å². The molecule has 0 aliphatic heterocycles. The highest BCUT2D eigenvalue weighted by Gasteiger charge is 2.20. The van der Waals surface area contributed by atoms with E-state index in [0.717, 1.165) is 5.56 Å². The summed E-state index contributed by atoms with van der Waals surface area (Å²) >= 11 is 0. The van der Waals surface area contributed by atoms with Gasteiger partial charge in [0.15, 0.2) is 5.82 Å². The van der Waals surface area contributed by atoms with Crippen LogP contribution in [-0.4, -0.2) is 41.4 Å². The van der Waals surface area contributed by atoms with Gasteiger partial charge in [-0.3, -0.25) is 4.79 Å². The van der Waals surface area contributed by atoms with Gasteiger partial charge in [0, 0.05) is 44.2 Å². The van der Waals surface area contributed by atoms with Gasteiger partial charge < -0.3 is 19.3 Å². The molecular weight excluding hydrogens is 348 g/mol. The molecule has 8 nitrogen and oxygen atoms in total. The molecule has 2 rings (SSSR count). The van der Waals surface area contributed by atoms with Gasteiger partial charge in [0.05, 0.1) is 6.61 Å². The third kappa shape index (κ3) is 7.34. The summed E-state index contributed by atoms with van der Waals surface area (Å²) in [5.41, 5.74) is 0.770. The minimum absolute atomic E-state index is 0.0222. The van der Waals surface area contributed by atoms with Gasteiger partial charge in [-0.1, -0.05) is 32.0 Å². The third-order valence-electron chi connectivity index (χ3n) is 3.76. The molecule has 0 aliphatic rings. The topological polar surface area (TPSA) is 99.4 Å². The molecule has 0 radical (unpaired) electrons. The van der Waals surface area contributed by atoms with Crippen LogP contribution in [0, 0.1) is 0 Å². The fourth-order valence-corrected chi connectivity index (χ4v) is 2.18. The Hall–Kier alpha value is -2.48. The number of nitrogens with zero attached hydrogens (tertiary/aromatic N) is 3. The van der Waals surface area contributed by atoms with Crippen molar-refractivity contribution in [1.82, 2.24) is 20.4 Å². The Balaban J connectivity index is 1.66. The molecule has 2 heterocycles. The van der Waals surface area contributed by atoms with Crippen LogP contribution in [0.2, 0.25) is 0 Å². The Labute approximate surface area is 159 Å². The summed E-state index contributed by atoms with van der Waals surface area (Å²) in [4.78, 5) is 20.5. The van der Waals surface area contributed by atoms with Crippen molar-refractivity contribution in [3.05, 3.63) is 35.6 Å². The summed E-state index contributed by atoms with van der Waals surface area (Å²) in [5.74, 6) is 1.77. The van der Waals surface area contributed by atoms with Crippen LogP contribution in [0.5, 0.6) is 5.88 Å². The highest BCUT2D eigenvalue weighted by atomic mass is 16.5. The molecule has 1 N–H and O–H groups in total. The van der Waals surface area contributed by atoms with Crippen LogP contribution < -0.4 is 10.1 Å². The van der Waals surface area contributed by atoms with E-state index in [1.165, 1.54) is 0 Å². The average Bonchev–Trinajstić information content (AvgIpc) is 3.11. The van der Waals surface area contributed by atoms with E-state index in [2.05, 4.69) is 20.4 Å². The fourth-order valence-electron chi connectivity index (χ4n) is 2.18. The monoisotopic (exact) mass is 376 g/mol. The first-order chi connectivity index (χ1) is 12.9.